The number of nitrogens with zero attached hydrogens (tertiary/aromatic N) is 1. The van der Waals surface area contributed by atoms with Crippen molar-refractivity contribution in [2.75, 3.05) is 39.5 Å². The molecular formula is C21H23FN2O5S. The molecule has 1 fully saturated rings. The van der Waals surface area contributed by atoms with Crippen LogP contribution in [0, 0.1) is 5.82 Å². The van der Waals surface area contributed by atoms with Crippen molar-refractivity contribution in [3.8, 4) is 5.75 Å². The van der Waals surface area contributed by atoms with E-state index in [0.29, 0.717) is 32.1 Å². The largest absolute Gasteiger partial charge is 0.492 e. The van der Waals surface area contributed by atoms with Gasteiger partial charge in [-0.1, -0.05) is 12.1 Å². The van der Waals surface area contributed by atoms with Gasteiger partial charge in [-0.25, -0.2) is 12.8 Å². The van der Waals surface area contributed by atoms with E-state index in [-0.39, 0.29) is 29.8 Å². The number of hydrogen-bond donors (Lipinski definition) is 1. The predicted molar refractivity (Wildman–Crippen MR) is 110 cm³/mol. The van der Waals surface area contributed by atoms with E-state index in [1.54, 1.807) is 30.3 Å². The van der Waals surface area contributed by atoms with E-state index >= 15 is 0 Å². The Kier molecular flexibility index (Phi) is 7.56. The minimum atomic E-state index is -3.53. The fourth-order valence-corrected chi connectivity index (χ4v) is 4.20. The summed E-state index contributed by atoms with van der Waals surface area (Å²) in [6.07, 6.45) is 2.95. The lowest BCUT2D eigenvalue weighted by atomic mass is 10.2. The highest BCUT2D eigenvalue weighted by atomic mass is 32.2. The quantitative estimate of drug-likeness (QED) is 0.508. The Bertz CT molecular complexity index is 969. The van der Waals surface area contributed by atoms with E-state index in [9.17, 15) is 17.6 Å². The Balaban J connectivity index is 1.43. The monoisotopic (exact) mass is 434 g/mol. The zero-order valence-corrected chi connectivity index (χ0v) is 17.1. The van der Waals surface area contributed by atoms with E-state index in [1.807, 2.05) is 0 Å². The summed E-state index contributed by atoms with van der Waals surface area (Å²) in [4.78, 5) is 12.0. The number of sulfonamides is 1. The highest BCUT2D eigenvalue weighted by Crippen LogP contribution is 2.20. The van der Waals surface area contributed by atoms with Crippen molar-refractivity contribution in [2.24, 2.45) is 0 Å². The molecule has 1 amide bonds. The Labute approximate surface area is 175 Å². The van der Waals surface area contributed by atoms with Gasteiger partial charge in [0.25, 0.3) is 0 Å². The molecule has 1 aliphatic heterocycles. The SMILES string of the molecule is O=C(/C=C/c1ccc(F)cc1)NCCOc1ccc(S(=O)(=O)N2CCOCC2)cc1. The summed E-state index contributed by atoms with van der Waals surface area (Å²) < 4.78 is 50.1. The fourth-order valence-electron chi connectivity index (χ4n) is 2.79. The van der Waals surface area contributed by atoms with Crippen LogP contribution in [0.25, 0.3) is 6.08 Å². The number of rotatable bonds is 8. The van der Waals surface area contributed by atoms with Gasteiger partial charge in [-0.3, -0.25) is 4.79 Å². The fraction of sp³-hybridized carbons (Fsp3) is 0.286. The molecule has 9 heteroatoms. The third kappa shape index (κ3) is 6.12. The van der Waals surface area contributed by atoms with Gasteiger partial charge in [-0.15, -0.1) is 0 Å². The summed E-state index contributed by atoms with van der Waals surface area (Å²) in [7, 11) is -3.53. The van der Waals surface area contributed by atoms with Crippen molar-refractivity contribution < 1.29 is 27.1 Å². The molecule has 2 aromatic rings. The first kappa shape index (κ1) is 21.9. The summed E-state index contributed by atoms with van der Waals surface area (Å²) in [6.45, 7) is 1.98. The second kappa shape index (κ2) is 10.3. The summed E-state index contributed by atoms with van der Waals surface area (Å²) in [5.74, 6) is -0.123. The van der Waals surface area contributed by atoms with Crippen LogP contribution in [-0.4, -0.2) is 58.1 Å². The lowest BCUT2D eigenvalue weighted by Crippen LogP contribution is -2.40. The Morgan fingerprint density at radius 2 is 1.77 bits per heavy atom. The molecule has 0 bridgehead atoms. The van der Waals surface area contributed by atoms with Crippen LogP contribution in [0.4, 0.5) is 4.39 Å². The van der Waals surface area contributed by atoms with Crippen LogP contribution in [-0.2, 0) is 19.6 Å². The lowest BCUT2D eigenvalue weighted by Gasteiger charge is -2.26. The molecule has 0 aromatic heterocycles. The van der Waals surface area contributed by atoms with Crippen molar-refractivity contribution in [3.05, 3.63) is 66.0 Å². The summed E-state index contributed by atoms with van der Waals surface area (Å²) >= 11 is 0. The number of ether oxygens (including phenoxy) is 2. The summed E-state index contributed by atoms with van der Waals surface area (Å²) in [5, 5.41) is 2.67. The van der Waals surface area contributed by atoms with Gasteiger partial charge < -0.3 is 14.8 Å². The second-order valence-corrected chi connectivity index (χ2v) is 8.45. The van der Waals surface area contributed by atoms with Crippen LogP contribution in [0.1, 0.15) is 5.56 Å². The number of hydrogen-bond acceptors (Lipinski definition) is 5. The van der Waals surface area contributed by atoms with Crippen molar-refractivity contribution >= 4 is 22.0 Å². The Hall–Kier alpha value is -2.75. The molecule has 0 radical (unpaired) electrons. The van der Waals surface area contributed by atoms with Crippen LogP contribution < -0.4 is 10.1 Å². The number of benzene rings is 2. The molecule has 0 unspecified atom stereocenters. The molecule has 0 atom stereocenters. The first-order chi connectivity index (χ1) is 14.4. The molecule has 0 spiro atoms. The zero-order valence-electron chi connectivity index (χ0n) is 16.3. The minimum Gasteiger partial charge on any atom is -0.492 e. The second-order valence-electron chi connectivity index (χ2n) is 6.51. The predicted octanol–water partition coefficient (Wildman–Crippen LogP) is 2.05. The van der Waals surface area contributed by atoms with Gasteiger partial charge >= 0.3 is 0 Å². The number of halogens is 1. The molecule has 1 heterocycles. The third-order valence-corrected chi connectivity index (χ3v) is 6.31. The maximum Gasteiger partial charge on any atom is 0.244 e. The van der Waals surface area contributed by atoms with Crippen molar-refractivity contribution in [1.29, 1.82) is 0 Å². The molecule has 160 valence electrons. The highest BCUT2D eigenvalue weighted by molar-refractivity contribution is 7.89. The van der Waals surface area contributed by atoms with Gasteiger partial charge in [-0.05, 0) is 48.0 Å². The number of carbonyl (C=O) groups excluding carboxylic acids is 1. The minimum absolute atomic E-state index is 0.205. The van der Waals surface area contributed by atoms with Gasteiger partial charge in [0.1, 0.15) is 18.2 Å². The topological polar surface area (TPSA) is 84.9 Å². The van der Waals surface area contributed by atoms with Gasteiger partial charge in [0.2, 0.25) is 15.9 Å². The highest BCUT2D eigenvalue weighted by Gasteiger charge is 2.26. The number of morpholine rings is 1. The van der Waals surface area contributed by atoms with Crippen LogP contribution in [0.15, 0.2) is 59.5 Å². The first-order valence-electron chi connectivity index (χ1n) is 9.47. The standard InChI is InChI=1S/C21H23FN2O5S/c22-18-4-1-17(2-5-18)3-10-21(25)23-11-14-29-19-6-8-20(9-7-19)30(26,27)24-12-15-28-16-13-24/h1-10H,11-16H2,(H,23,25)/b10-3+. The lowest BCUT2D eigenvalue weighted by molar-refractivity contribution is -0.116. The van der Waals surface area contributed by atoms with Crippen molar-refractivity contribution in [2.45, 2.75) is 4.90 Å². The van der Waals surface area contributed by atoms with Crippen LogP contribution in [0.3, 0.4) is 0 Å². The molecule has 0 saturated carbocycles. The molecule has 1 N–H and O–H groups in total. The molecule has 1 saturated heterocycles. The molecule has 3 rings (SSSR count). The van der Waals surface area contributed by atoms with Crippen LogP contribution in [0.2, 0.25) is 0 Å². The number of amides is 1. The van der Waals surface area contributed by atoms with Gasteiger partial charge in [-0.2, -0.15) is 4.31 Å². The molecule has 30 heavy (non-hydrogen) atoms. The van der Waals surface area contributed by atoms with Gasteiger partial charge in [0.15, 0.2) is 0 Å². The zero-order chi connectivity index (χ0) is 21.4. The Morgan fingerprint density at radius 3 is 2.43 bits per heavy atom. The normalized spacial score (nSPS) is 15.2. The van der Waals surface area contributed by atoms with Crippen molar-refractivity contribution in [3.63, 3.8) is 0 Å². The van der Waals surface area contributed by atoms with E-state index < -0.39 is 10.0 Å². The maximum absolute atomic E-state index is 12.8. The van der Waals surface area contributed by atoms with Crippen LogP contribution >= 0.6 is 0 Å². The van der Waals surface area contributed by atoms with E-state index in [4.69, 9.17) is 9.47 Å². The van der Waals surface area contributed by atoms with E-state index in [2.05, 4.69) is 5.32 Å². The number of nitrogens with one attached hydrogen (secondary N) is 1. The molecule has 2 aromatic carbocycles. The van der Waals surface area contributed by atoms with E-state index in [1.165, 1.54) is 34.6 Å². The van der Waals surface area contributed by atoms with E-state index in [0.717, 1.165) is 5.56 Å². The van der Waals surface area contributed by atoms with Gasteiger partial charge in [0, 0.05) is 19.2 Å². The maximum atomic E-state index is 12.8. The smallest absolute Gasteiger partial charge is 0.244 e. The van der Waals surface area contributed by atoms with Crippen molar-refractivity contribution in [1.82, 2.24) is 9.62 Å². The molecule has 0 aliphatic carbocycles. The number of carbonyl (C=O) groups is 1. The molecular weight excluding hydrogens is 411 g/mol. The first-order valence-corrected chi connectivity index (χ1v) is 10.9. The third-order valence-electron chi connectivity index (χ3n) is 4.40. The molecule has 7 nitrogen and oxygen atoms in total. The average molecular weight is 434 g/mol. The molecule has 1 aliphatic rings. The average Bonchev–Trinajstić information content (AvgIpc) is 2.77. The summed E-state index contributed by atoms with van der Waals surface area (Å²) in [6, 6.07) is 12.0. The Morgan fingerprint density at radius 1 is 1.10 bits per heavy atom. The van der Waals surface area contributed by atoms with Gasteiger partial charge in [0.05, 0.1) is 24.7 Å². The van der Waals surface area contributed by atoms with Crippen LogP contribution in [0.5, 0.6) is 5.75 Å². The summed E-state index contributed by atoms with van der Waals surface area (Å²) in [5.41, 5.74) is 0.718.